The molecule has 18 heavy (non-hydrogen) atoms. The van der Waals surface area contributed by atoms with Gasteiger partial charge >= 0.3 is 0 Å². The van der Waals surface area contributed by atoms with E-state index in [-0.39, 0.29) is 6.29 Å². The Kier molecular flexibility index (Phi) is 4.52. The maximum Gasteiger partial charge on any atom is 0.158 e. The molecular formula is C14H25NO3. The van der Waals surface area contributed by atoms with Crippen molar-refractivity contribution in [1.29, 1.82) is 0 Å². The average Bonchev–Trinajstić information content (AvgIpc) is 2.46. The van der Waals surface area contributed by atoms with Gasteiger partial charge in [0.25, 0.3) is 0 Å². The Balaban J connectivity index is 1.48. The van der Waals surface area contributed by atoms with E-state index in [1.807, 2.05) is 0 Å². The van der Waals surface area contributed by atoms with Gasteiger partial charge in [0.2, 0.25) is 0 Å². The third-order valence-corrected chi connectivity index (χ3v) is 4.40. The molecule has 0 N–H and O–H groups in total. The van der Waals surface area contributed by atoms with Crippen LogP contribution >= 0.6 is 0 Å². The fraction of sp³-hybridized carbons (Fsp3) is 1.00. The van der Waals surface area contributed by atoms with E-state index in [2.05, 4.69) is 4.90 Å². The van der Waals surface area contributed by atoms with E-state index >= 15 is 0 Å². The van der Waals surface area contributed by atoms with Crippen molar-refractivity contribution in [3.8, 4) is 0 Å². The molecule has 4 heteroatoms. The minimum atomic E-state index is 0.0311. The molecule has 0 radical (unpaired) electrons. The summed E-state index contributed by atoms with van der Waals surface area (Å²) >= 11 is 0. The number of hydrogen-bond donors (Lipinski definition) is 0. The van der Waals surface area contributed by atoms with Crippen LogP contribution in [-0.4, -0.2) is 56.2 Å². The van der Waals surface area contributed by atoms with E-state index in [4.69, 9.17) is 14.2 Å². The van der Waals surface area contributed by atoms with Crippen molar-refractivity contribution < 1.29 is 14.2 Å². The highest BCUT2D eigenvalue weighted by Crippen LogP contribution is 2.28. The summed E-state index contributed by atoms with van der Waals surface area (Å²) in [5, 5.41) is 0. The van der Waals surface area contributed by atoms with Crippen molar-refractivity contribution in [3.63, 3.8) is 0 Å². The molecule has 0 aromatic rings. The van der Waals surface area contributed by atoms with Crippen LogP contribution in [0.15, 0.2) is 0 Å². The third-order valence-electron chi connectivity index (χ3n) is 4.40. The van der Waals surface area contributed by atoms with Crippen LogP contribution in [0.3, 0.4) is 0 Å². The van der Waals surface area contributed by atoms with Crippen LogP contribution < -0.4 is 0 Å². The molecule has 0 spiro atoms. The van der Waals surface area contributed by atoms with Gasteiger partial charge in [-0.3, -0.25) is 4.90 Å². The van der Waals surface area contributed by atoms with Gasteiger partial charge in [-0.15, -0.1) is 0 Å². The predicted molar refractivity (Wildman–Crippen MR) is 68.5 cm³/mol. The Morgan fingerprint density at radius 2 is 1.72 bits per heavy atom. The van der Waals surface area contributed by atoms with Crippen LogP contribution in [0.2, 0.25) is 0 Å². The molecule has 2 unspecified atom stereocenters. The fourth-order valence-electron chi connectivity index (χ4n) is 3.43. The number of fused-ring (bicyclic) bond motifs is 1. The molecule has 2 atom stereocenters. The summed E-state index contributed by atoms with van der Waals surface area (Å²) in [6.07, 6.45) is 7.81. The van der Waals surface area contributed by atoms with Crippen molar-refractivity contribution >= 4 is 0 Å². The number of rotatable bonds is 3. The van der Waals surface area contributed by atoms with Crippen molar-refractivity contribution in [1.82, 2.24) is 4.90 Å². The van der Waals surface area contributed by atoms with Gasteiger partial charge in [-0.25, -0.2) is 0 Å². The molecule has 2 saturated heterocycles. The molecule has 0 amide bonds. The first kappa shape index (κ1) is 12.9. The summed E-state index contributed by atoms with van der Waals surface area (Å²) < 4.78 is 17.1. The zero-order chi connectivity index (χ0) is 12.2. The van der Waals surface area contributed by atoms with Gasteiger partial charge in [-0.1, -0.05) is 12.8 Å². The molecule has 0 aromatic heterocycles. The van der Waals surface area contributed by atoms with Gasteiger partial charge < -0.3 is 14.2 Å². The number of ether oxygens (including phenoxy) is 3. The zero-order valence-electron chi connectivity index (χ0n) is 11.2. The van der Waals surface area contributed by atoms with E-state index in [9.17, 15) is 0 Å². The number of morpholine rings is 1. The van der Waals surface area contributed by atoms with Crippen molar-refractivity contribution in [3.05, 3.63) is 0 Å². The Hall–Kier alpha value is -0.160. The maximum absolute atomic E-state index is 5.90. The van der Waals surface area contributed by atoms with E-state index in [0.29, 0.717) is 12.1 Å². The summed E-state index contributed by atoms with van der Waals surface area (Å²) in [6, 6.07) is 0.649. The first-order valence-corrected chi connectivity index (χ1v) is 7.52. The molecular weight excluding hydrogens is 230 g/mol. The van der Waals surface area contributed by atoms with Gasteiger partial charge in [0.15, 0.2) is 6.29 Å². The topological polar surface area (TPSA) is 30.9 Å². The number of hydrogen-bond acceptors (Lipinski definition) is 4. The molecule has 2 heterocycles. The quantitative estimate of drug-likeness (QED) is 0.769. The van der Waals surface area contributed by atoms with E-state index in [1.54, 1.807) is 0 Å². The normalized spacial score (nSPS) is 35.3. The largest absolute Gasteiger partial charge is 0.375 e. The van der Waals surface area contributed by atoms with Gasteiger partial charge in [-0.2, -0.15) is 0 Å². The summed E-state index contributed by atoms with van der Waals surface area (Å²) in [5.41, 5.74) is 0. The Morgan fingerprint density at radius 1 is 0.889 bits per heavy atom. The molecule has 0 aromatic carbocycles. The second kappa shape index (κ2) is 6.33. The lowest BCUT2D eigenvalue weighted by molar-refractivity contribution is -0.186. The lowest BCUT2D eigenvalue weighted by Crippen LogP contribution is -2.53. The molecule has 3 rings (SSSR count). The third kappa shape index (κ3) is 3.05. The van der Waals surface area contributed by atoms with Crippen LogP contribution in [0, 0.1) is 0 Å². The standard InChI is InChI=1S/C14H25NO3/c1-2-5-13-12(4-1)15(8-11-16-13)7-6-14-17-9-3-10-18-14/h12-14H,1-11H2. The van der Waals surface area contributed by atoms with Crippen molar-refractivity contribution in [2.24, 2.45) is 0 Å². The van der Waals surface area contributed by atoms with Crippen LogP contribution in [0.25, 0.3) is 0 Å². The number of nitrogens with zero attached hydrogens (tertiary/aromatic N) is 1. The lowest BCUT2D eigenvalue weighted by atomic mass is 9.90. The molecule has 3 aliphatic rings. The lowest BCUT2D eigenvalue weighted by Gasteiger charge is -2.44. The van der Waals surface area contributed by atoms with Gasteiger partial charge in [0, 0.05) is 25.6 Å². The SMILES string of the molecule is C1COC(CCN2CCOC3CCCCC32)OC1. The summed E-state index contributed by atoms with van der Waals surface area (Å²) in [5.74, 6) is 0. The zero-order valence-corrected chi connectivity index (χ0v) is 11.2. The highest BCUT2D eigenvalue weighted by atomic mass is 16.7. The van der Waals surface area contributed by atoms with E-state index in [1.165, 1.54) is 25.7 Å². The predicted octanol–water partition coefficient (Wildman–Crippen LogP) is 1.78. The molecule has 4 nitrogen and oxygen atoms in total. The minimum Gasteiger partial charge on any atom is -0.375 e. The van der Waals surface area contributed by atoms with E-state index < -0.39 is 0 Å². The Labute approximate surface area is 110 Å². The van der Waals surface area contributed by atoms with Gasteiger partial charge in [0.1, 0.15) is 0 Å². The van der Waals surface area contributed by atoms with Crippen LogP contribution in [-0.2, 0) is 14.2 Å². The molecule has 3 fully saturated rings. The Morgan fingerprint density at radius 3 is 2.61 bits per heavy atom. The molecule has 1 aliphatic carbocycles. The Bertz CT molecular complexity index is 253. The van der Waals surface area contributed by atoms with Crippen LogP contribution in [0.5, 0.6) is 0 Å². The first-order valence-electron chi connectivity index (χ1n) is 7.52. The van der Waals surface area contributed by atoms with Gasteiger partial charge in [-0.05, 0) is 19.3 Å². The molecule has 0 bridgehead atoms. The van der Waals surface area contributed by atoms with Gasteiger partial charge in [0.05, 0.1) is 25.9 Å². The van der Waals surface area contributed by atoms with Crippen molar-refractivity contribution in [2.75, 3.05) is 32.9 Å². The second-order valence-corrected chi connectivity index (χ2v) is 5.61. The fourth-order valence-corrected chi connectivity index (χ4v) is 3.43. The summed E-state index contributed by atoms with van der Waals surface area (Å²) in [7, 11) is 0. The molecule has 1 saturated carbocycles. The van der Waals surface area contributed by atoms with Crippen LogP contribution in [0.4, 0.5) is 0 Å². The summed E-state index contributed by atoms with van der Waals surface area (Å²) in [4.78, 5) is 2.61. The second-order valence-electron chi connectivity index (χ2n) is 5.61. The average molecular weight is 255 g/mol. The first-order chi connectivity index (χ1) is 8.93. The van der Waals surface area contributed by atoms with Crippen LogP contribution in [0.1, 0.15) is 38.5 Å². The highest BCUT2D eigenvalue weighted by Gasteiger charge is 2.34. The van der Waals surface area contributed by atoms with E-state index in [0.717, 1.165) is 45.8 Å². The summed E-state index contributed by atoms with van der Waals surface area (Å²) in [6.45, 7) is 4.79. The smallest absolute Gasteiger partial charge is 0.158 e. The monoisotopic (exact) mass is 255 g/mol. The molecule has 104 valence electrons. The highest BCUT2D eigenvalue weighted by molar-refractivity contribution is 4.87. The molecule has 2 aliphatic heterocycles. The maximum atomic E-state index is 5.90. The minimum absolute atomic E-state index is 0.0311. The van der Waals surface area contributed by atoms with Crippen molar-refractivity contribution in [2.45, 2.75) is 57.0 Å².